The van der Waals surface area contributed by atoms with Crippen LogP contribution >= 0.6 is 0 Å². The first-order valence-corrected chi connectivity index (χ1v) is 4.06. The van der Waals surface area contributed by atoms with Gasteiger partial charge in [-0.05, 0) is 6.92 Å². The molecule has 0 saturated carbocycles. The molecule has 0 aromatic rings. The fourth-order valence-corrected chi connectivity index (χ4v) is 1.10. The van der Waals surface area contributed by atoms with Crippen LogP contribution < -0.4 is 0 Å². The normalized spacial score (nSPS) is 25.0. The largest absolute Gasteiger partial charge is 0.505 e. The van der Waals surface area contributed by atoms with Crippen LogP contribution in [0.25, 0.3) is 0 Å². The molecule has 0 aromatic carbocycles. The van der Waals surface area contributed by atoms with Gasteiger partial charge in [-0.15, -0.1) is 0 Å². The highest BCUT2D eigenvalue weighted by Crippen LogP contribution is 2.22. The van der Waals surface area contributed by atoms with Crippen molar-refractivity contribution >= 4 is 11.8 Å². The molecule has 4 N–H and O–H groups in total. The van der Waals surface area contributed by atoms with Crippen LogP contribution in [0.3, 0.4) is 0 Å². The lowest BCUT2D eigenvalue weighted by atomic mass is 10.0. The molecule has 0 aromatic heterocycles. The van der Waals surface area contributed by atoms with E-state index in [0.717, 1.165) is 6.92 Å². The third-order valence-electron chi connectivity index (χ3n) is 1.99. The Morgan fingerprint density at radius 1 is 1.40 bits per heavy atom. The van der Waals surface area contributed by atoms with E-state index in [4.69, 9.17) is 15.3 Å². The van der Waals surface area contributed by atoms with Crippen LogP contribution in [0.15, 0.2) is 11.5 Å². The third-order valence-corrected chi connectivity index (χ3v) is 1.99. The van der Waals surface area contributed by atoms with Crippen LogP contribution in [0, 0.1) is 0 Å². The summed E-state index contributed by atoms with van der Waals surface area (Å²) in [5.74, 6) is -3.90. The van der Waals surface area contributed by atoms with Gasteiger partial charge in [0.05, 0.1) is 0 Å². The van der Waals surface area contributed by atoms with Crippen LogP contribution in [0.1, 0.15) is 6.92 Å². The molecule has 0 fully saturated rings. The van der Waals surface area contributed by atoms with Gasteiger partial charge in [0, 0.05) is 0 Å². The molecule has 0 aliphatic carbocycles. The second-order valence-electron chi connectivity index (χ2n) is 3.11. The number of aliphatic hydroxyl groups excluding tert-OH is 4. The standard InChI is InChI=1S/C8H10O7/c1-2(9)3(10)4(11)7-5(12)6(13)8(14)15-7/h3-4,7,10-13H,1H3/t3?,4-,7+/m0/s1. The van der Waals surface area contributed by atoms with Crippen molar-refractivity contribution in [1.29, 1.82) is 0 Å². The number of hydrogen-bond donors (Lipinski definition) is 4. The number of hydrogen-bond acceptors (Lipinski definition) is 7. The van der Waals surface area contributed by atoms with Crippen molar-refractivity contribution in [2.45, 2.75) is 25.2 Å². The first-order chi connectivity index (χ1) is 6.86. The number of Topliss-reactive ketones (excluding diaryl/α,β-unsaturated/α-hetero) is 1. The van der Waals surface area contributed by atoms with Crippen molar-refractivity contribution in [3.63, 3.8) is 0 Å². The first kappa shape index (κ1) is 11.5. The fraction of sp³-hybridized carbons (Fsp3) is 0.500. The maximum absolute atomic E-state index is 10.7. The highest BCUT2D eigenvalue weighted by Gasteiger charge is 2.42. The van der Waals surface area contributed by atoms with E-state index in [-0.39, 0.29) is 0 Å². The maximum atomic E-state index is 10.7. The molecule has 3 atom stereocenters. The van der Waals surface area contributed by atoms with Crippen LogP contribution in [0.2, 0.25) is 0 Å². The van der Waals surface area contributed by atoms with Gasteiger partial charge >= 0.3 is 5.97 Å². The predicted octanol–water partition coefficient (Wildman–Crippen LogP) is -1.45. The van der Waals surface area contributed by atoms with Crippen LogP contribution in [0.5, 0.6) is 0 Å². The summed E-state index contributed by atoms with van der Waals surface area (Å²) in [5.41, 5.74) is 0. The lowest BCUT2D eigenvalue weighted by molar-refractivity contribution is -0.154. The van der Waals surface area contributed by atoms with Gasteiger partial charge < -0.3 is 25.2 Å². The number of aliphatic hydroxyl groups is 4. The molecule has 7 heteroatoms. The van der Waals surface area contributed by atoms with Gasteiger partial charge in [-0.2, -0.15) is 0 Å². The van der Waals surface area contributed by atoms with Crippen molar-refractivity contribution < 1.29 is 34.8 Å². The molecular formula is C8H10O7. The first-order valence-electron chi connectivity index (χ1n) is 4.06. The van der Waals surface area contributed by atoms with Crippen molar-refractivity contribution in [2.24, 2.45) is 0 Å². The molecule has 84 valence electrons. The smallest absolute Gasteiger partial charge is 0.377 e. The fourth-order valence-electron chi connectivity index (χ4n) is 1.10. The Balaban J connectivity index is 2.84. The Bertz CT molecular complexity index is 332. The molecule has 1 aliphatic rings. The summed E-state index contributed by atoms with van der Waals surface area (Å²) in [6.45, 7) is 1.02. The lowest BCUT2D eigenvalue weighted by Crippen LogP contribution is -2.42. The Kier molecular flexibility index (Phi) is 2.96. The van der Waals surface area contributed by atoms with E-state index in [9.17, 15) is 14.7 Å². The minimum atomic E-state index is -1.81. The number of carbonyl (C=O) groups is 2. The van der Waals surface area contributed by atoms with Gasteiger partial charge in [0.25, 0.3) is 0 Å². The summed E-state index contributed by atoms with van der Waals surface area (Å²) in [5, 5.41) is 36.5. The SMILES string of the molecule is CC(=O)C(O)[C@H](O)[C@H]1OC(=O)C(O)=C1O. The van der Waals surface area contributed by atoms with Crippen molar-refractivity contribution in [2.75, 3.05) is 0 Å². The zero-order chi connectivity index (χ0) is 11.7. The van der Waals surface area contributed by atoms with Crippen LogP contribution in [-0.4, -0.2) is 50.5 Å². The summed E-state index contributed by atoms with van der Waals surface area (Å²) >= 11 is 0. The molecule has 1 aliphatic heterocycles. The van der Waals surface area contributed by atoms with E-state index in [1.807, 2.05) is 0 Å². The summed E-state index contributed by atoms with van der Waals surface area (Å²) in [4.78, 5) is 21.4. The molecule has 0 radical (unpaired) electrons. The zero-order valence-corrected chi connectivity index (χ0v) is 7.75. The third kappa shape index (κ3) is 1.92. The van der Waals surface area contributed by atoms with Crippen LogP contribution in [-0.2, 0) is 14.3 Å². The van der Waals surface area contributed by atoms with Gasteiger partial charge in [0.15, 0.2) is 17.6 Å². The molecular weight excluding hydrogens is 208 g/mol. The van der Waals surface area contributed by atoms with E-state index in [0.29, 0.717) is 0 Å². The Morgan fingerprint density at radius 2 is 1.93 bits per heavy atom. The van der Waals surface area contributed by atoms with Crippen molar-refractivity contribution in [3.05, 3.63) is 11.5 Å². The van der Waals surface area contributed by atoms with Crippen LogP contribution in [0.4, 0.5) is 0 Å². The molecule has 15 heavy (non-hydrogen) atoms. The van der Waals surface area contributed by atoms with Crippen molar-refractivity contribution in [1.82, 2.24) is 0 Å². The van der Waals surface area contributed by atoms with Gasteiger partial charge in [0.1, 0.15) is 12.2 Å². The van der Waals surface area contributed by atoms with Gasteiger partial charge in [-0.25, -0.2) is 4.79 Å². The summed E-state index contributed by atoms with van der Waals surface area (Å²) in [6.07, 6.45) is -5.22. The number of cyclic esters (lactones) is 1. The molecule has 1 heterocycles. The lowest BCUT2D eigenvalue weighted by Gasteiger charge is -2.20. The highest BCUT2D eigenvalue weighted by molar-refractivity contribution is 5.89. The van der Waals surface area contributed by atoms with E-state index >= 15 is 0 Å². The minimum Gasteiger partial charge on any atom is -0.505 e. The molecule has 0 bridgehead atoms. The van der Waals surface area contributed by atoms with E-state index in [1.54, 1.807) is 0 Å². The zero-order valence-electron chi connectivity index (χ0n) is 7.75. The van der Waals surface area contributed by atoms with Crippen molar-refractivity contribution in [3.8, 4) is 0 Å². The Morgan fingerprint density at radius 3 is 2.27 bits per heavy atom. The van der Waals surface area contributed by atoms with Gasteiger partial charge in [-0.3, -0.25) is 4.79 Å². The minimum absolute atomic E-state index is 0.752. The molecule has 0 amide bonds. The average Bonchev–Trinajstić information content (AvgIpc) is 2.43. The number of ketones is 1. The molecule has 7 nitrogen and oxygen atoms in total. The monoisotopic (exact) mass is 218 g/mol. The van der Waals surface area contributed by atoms with E-state index in [1.165, 1.54) is 0 Å². The summed E-state index contributed by atoms with van der Waals surface area (Å²) in [6, 6.07) is 0. The molecule has 0 saturated heterocycles. The summed E-state index contributed by atoms with van der Waals surface area (Å²) < 4.78 is 4.34. The second-order valence-corrected chi connectivity index (χ2v) is 3.11. The van der Waals surface area contributed by atoms with E-state index < -0.39 is 41.6 Å². The molecule has 0 spiro atoms. The predicted molar refractivity (Wildman–Crippen MR) is 44.9 cm³/mol. The quantitative estimate of drug-likeness (QED) is 0.427. The number of ether oxygens (including phenoxy) is 1. The number of rotatable bonds is 3. The Hall–Kier alpha value is -1.60. The number of carbonyl (C=O) groups excluding carboxylic acids is 2. The topological polar surface area (TPSA) is 124 Å². The van der Waals surface area contributed by atoms with Gasteiger partial charge in [-0.1, -0.05) is 0 Å². The second kappa shape index (κ2) is 3.87. The van der Waals surface area contributed by atoms with Gasteiger partial charge in [0.2, 0.25) is 5.76 Å². The number of esters is 1. The average molecular weight is 218 g/mol. The van der Waals surface area contributed by atoms with E-state index in [2.05, 4.69) is 4.74 Å². The highest BCUT2D eigenvalue weighted by atomic mass is 16.6. The Labute approximate surface area is 84.2 Å². The maximum Gasteiger partial charge on any atom is 0.377 e. The molecule has 1 rings (SSSR count). The molecule has 1 unspecified atom stereocenters. The summed E-state index contributed by atoms with van der Waals surface area (Å²) in [7, 11) is 0.